The Hall–Kier alpha value is -2.54. The van der Waals surface area contributed by atoms with Crippen molar-refractivity contribution in [1.29, 1.82) is 0 Å². The van der Waals surface area contributed by atoms with E-state index < -0.39 is 0 Å². The molecule has 2 fully saturated rings. The van der Waals surface area contributed by atoms with Crippen molar-refractivity contribution in [2.75, 3.05) is 31.1 Å². The van der Waals surface area contributed by atoms with Crippen molar-refractivity contribution >= 4 is 33.3 Å². The molecule has 0 atom stereocenters. The number of carbonyl (C=O) groups is 1. The highest BCUT2D eigenvalue weighted by Gasteiger charge is 2.31. The first-order chi connectivity index (χ1) is 14.0. The Balaban J connectivity index is 1.40. The van der Waals surface area contributed by atoms with Gasteiger partial charge in [-0.15, -0.1) is 11.3 Å². The highest BCUT2D eigenvalue weighted by atomic mass is 32.1. The van der Waals surface area contributed by atoms with Crippen LogP contribution in [0.4, 0.5) is 10.2 Å². The number of anilines is 1. The van der Waals surface area contributed by atoms with Gasteiger partial charge in [0.25, 0.3) is 5.91 Å². The van der Waals surface area contributed by atoms with Crippen LogP contribution in [0.15, 0.2) is 24.3 Å². The number of aryl methyl sites for hydroxylation is 2. The van der Waals surface area contributed by atoms with Crippen LogP contribution in [0.2, 0.25) is 0 Å². The molecule has 1 saturated heterocycles. The van der Waals surface area contributed by atoms with Crippen LogP contribution in [0.3, 0.4) is 0 Å². The van der Waals surface area contributed by atoms with Crippen molar-refractivity contribution in [3.8, 4) is 0 Å². The van der Waals surface area contributed by atoms with E-state index >= 15 is 0 Å². The number of halogens is 1. The molecule has 1 aliphatic heterocycles. The maximum absolute atomic E-state index is 13.5. The van der Waals surface area contributed by atoms with Gasteiger partial charge in [0.15, 0.2) is 0 Å². The van der Waals surface area contributed by atoms with Crippen LogP contribution in [-0.2, 0) is 0 Å². The molecule has 0 N–H and O–H groups in total. The maximum atomic E-state index is 13.5. The molecule has 0 bridgehead atoms. The topological polar surface area (TPSA) is 49.3 Å². The van der Waals surface area contributed by atoms with Crippen LogP contribution in [-0.4, -0.2) is 47.0 Å². The van der Waals surface area contributed by atoms with Gasteiger partial charge in [-0.05, 0) is 50.5 Å². The highest BCUT2D eigenvalue weighted by Crippen LogP contribution is 2.42. The minimum absolute atomic E-state index is 0.113. The fourth-order valence-electron chi connectivity index (χ4n) is 3.92. The van der Waals surface area contributed by atoms with Gasteiger partial charge in [0.2, 0.25) is 0 Å². The van der Waals surface area contributed by atoms with Crippen molar-refractivity contribution < 1.29 is 9.18 Å². The average molecular weight is 411 g/mol. The fourth-order valence-corrected chi connectivity index (χ4v) is 4.95. The molecule has 5 nitrogen and oxygen atoms in total. The molecule has 0 spiro atoms. The first-order valence-corrected chi connectivity index (χ1v) is 10.9. The number of thiophene rings is 1. The standard InChI is InChI=1S/C22H23FN4OS/c1-13-14(2)29-21-18(13)20(24-19(25-21)15-6-7-15)26-8-10-27(11-9-26)22(28)16-4-3-5-17(23)12-16/h3-5,12,15H,6-11H2,1-2H3. The molecule has 3 heterocycles. The van der Waals surface area contributed by atoms with Crippen LogP contribution < -0.4 is 4.90 Å². The second-order valence-corrected chi connectivity index (χ2v) is 9.14. The minimum Gasteiger partial charge on any atom is -0.352 e. The highest BCUT2D eigenvalue weighted by molar-refractivity contribution is 7.18. The first-order valence-electron chi connectivity index (χ1n) is 10.1. The zero-order valence-corrected chi connectivity index (χ0v) is 17.4. The molecule has 3 aromatic rings. The third-order valence-electron chi connectivity index (χ3n) is 5.91. The average Bonchev–Trinajstić information content (AvgIpc) is 3.53. The van der Waals surface area contributed by atoms with E-state index in [4.69, 9.17) is 9.97 Å². The number of rotatable bonds is 3. The molecule has 7 heteroatoms. The van der Waals surface area contributed by atoms with E-state index in [1.807, 2.05) is 0 Å². The smallest absolute Gasteiger partial charge is 0.254 e. The number of aromatic nitrogens is 2. The number of nitrogens with zero attached hydrogens (tertiary/aromatic N) is 4. The van der Waals surface area contributed by atoms with E-state index in [0.29, 0.717) is 37.7 Å². The zero-order valence-electron chi connectivity index (χ0n) is 16.6. The molecule has 1 amide bonds. The van der Waals surface area contributed by atoms with Crippen LogP contribution in [0.1, 0.15) is 45.4 Å². The quantitative estimate of drug-likeness (QED) is 0.646. The third kappa shape index (κ3) is 3.37. The first kappa shape index (κ1) is 18.5. The molecule has 0 unspecified atom stereocenters. The fraction of sp³-hybridized carbons (Fsp3) is 0.409. The van der Waals surface area contributed by atoms with E-state index in [1.54, 1.807) is 28.4 Å². The monoisotopic (exact) mass is 410 g/mol. The Morgan fingerprint density at radius 1 is 1.14 bits per heavy atom. The van der Waals surface area contributed by atoms with Crippen LogP contribution in [0.5, 0.6) is 0 Å². The molecular formula is C22H23FN4OS. The van der Waals surface area contributed by atoms with Gasteiger partial charge in [0.1, 0.15) is 22.3 Å². The normalized spacial score (nSPS) is 17.2. The summed E-state index contributed by atoms with van der Waals surface area (Å²) in [6.07, 6.45) is 2.34. The van der Waals surface area contributed by atoms with E-state index in [-0.39, 0.29) is 11.7 Å². The molecule has 1 aliphatic carbocycles. The second kappa shape index (κ2) is 7.06. The molecule has 2 aliphatic rings. The summed E-state index contributed by atoms with van der Waals surface area (Å²) in [4.78, 5) is 29.0. The summed E-state index contributed by atoms with van der Waals surface area (Å²) in [7, 11) is 0. The summed E-state index contributed by atoms with van der Waals surface area (Å²) in [6.45, 7) is 6.90. The lowest BCUT2D eigenvalue weighted by Crippen LogP contribution is -2.49. The molecule has 2 aromatic heterocycles. The van der Waals surface area contributed by atoms with Gasteiger partial charge in [-0.1, -0.05) is 6.07 Å². The van der Waals surface area contributed by atoms with Crippen molar-refractivity contribution in [2.45, 2.75) is 32.6 Å². The second-order valence-electron chi connectivity index (χ2n) is 7.93. The van der Waals surface area contributed by atoms with Gasteiger partial charge in [0.05, 0.1) is 5.39 Å². The van der Waals surface area contributed by atoms with E-state index in [9.17, 15) is 9.18 Å². The van der Waals surface area contributed by atoms with Gasteiger partial charge < -0.3 is 9.80 Å². The lowest BCUT2D eigenvalue weighted by atomic mass is 10.1. The Bertz CT molecular complexity index is 1100. The van der Waals surface area contributed by atoms with Gasteiger partial charge in [-0.2, -0.15) is 0 Å². The van der Waals surface area contributed by atoms with Gasteiger partial charge >= 0.3 is 0 Å². The molecule has 1 saturated carbocycles. The predicted molar refractivity (Wildman–Crippen MR) is 113 cm³/mol. The predicted octanol–water partition coefficient (Wildman–Crippen LogP) is 4.29. The number of amides is 1. The summed E-state index contributed by atoms with van der Waals surface area (Å²) < 4.78 is 13.5. The Labute approximate surface area is 173 Å². The molecule has 29 heavy (non-hydrogen) atoms. The Morgan fingerprint density at radius 2 is 1.90 bits per heavy atom. The molecule has 1 aromatic carbocycles. The van der Waals surface area contributed by atoms with Gasteiger partial charge in [-0.3, -0.25) is 4.79 Å². The minimum atomic E-state index is -0.381. The summed E-state index contributed by atoms with van der Waals surface area (Å²) in [5, 5.41) is 1.15. The number of fused-ring (bicyclic) bond motifs is 1. The van der Waals surface area contributed by atoms with Gasteiger partial charge in [-0.25, -0.2) is 14.4 Å². The molecule has 150 valence electrons. The number of benzene rings is 1. The van der Waals surface area contributed by atoms with Crippen molar-refractivity contribution in [3.05, 3.63) is 51.9 Å². The summed E-state index contributed by atoms with van der Waals surface area (Å²) in [5.74, 6) is 1.98. The van der Waals surface area contributed by atoms with E-state index in [1.165, 1.54) is 35.4 Å². The SMILES string of the molecule is Cc1sc2nc(C3CC3)nc(N3CCN(C(=O)c4cccc(F)c4)CC3)c2c1C. The lowest BCUT2D eigenvalue weighted by molar-refractivity contribution is 0.0746. The number of piperazine rings is 1. The number of carbonyl (C=O) groups excluding carboxylic acids is 1. The van der Waals surface area contributed by atoms with Crippen molar-refractivity contribution in [3.63, 3.8) is 0 Å². The van der Waals surface area contributed by atoms with E-state index in [2.05, 4.69) is 18.7 Å². The largest absolute Gasteiger partial charge is 0.352 e. The van der Waals surface area contributed by atoms with E-state index in [0.717, 1.165) is 21.9 Å². The Morgan fingerprint density at radius 3 is 2.59 bits per heavy atom. The lowest BCUT2D eigenvalue weighted by Gasteiger charge is -2.36. The molecule has 5 rings (SSSR count). The third-order valence-corrected chi connectivity index (χ3v) is 7.01. The summed E-state index contributed by atoms with van der Waals surface area (Å²) in [6, 6.07) is 5.92. The van der Waals surface area contributed by atoms with Crippen molar-refractivity contribution in [1.82, 2.24) is 14.9 Å². The maximum Gasteiger partial charge on any atom is 0.254 e. The summed E-state index contributed by atoms with van der Waals surface area (Å²) >= 11 is 1.74. The zero-order chi connectivity index (χ0) is 20.1. The van der Waals surface area contributed by atoms with Crippen LogP contribution in [0, 0.1) is 19.7 Å². The summed E-state index contributed by atoms with van der Waals surface area (Å²) in [5.41, 5.74) is 1.66. The van der Waals surface area contributed by atoms with Gasteiger partial charge in [0, 0.05) is 42.5 Å². The molecule has 0 radical (unpaired) electrons. The number of hydrogen-bond acceptors (Lipinski definition) is 5. The Kier molecular flexibility index (Phi) is 4.50. The van der Waals surface area contributed by atoms with Crippen molar-refractivity contribution in [2.24, 2.45) is 0 Å². The number of hydrogen-bond donors (Lipinski definition) is 0. The molecular weight excluding hydrogens is 387 g/mol. The van der Waals surface area contributed by atoms with Crippen LogP contribution in [0.25, 0.3) is 10.2 Å². The van der Waals surface area contributed by atoms with Crippen LogP contribution >= 0.6 is 11.3 Å².